The minimum Gasteiger partial charge on any atom is -0.462 e. The van der Waals surface area contributed by atoms with Gasteiger partial charge in [0.25, 0.3) is 0 Å². The lowest BCUT2D eigenvalue weighted by atomic mass is 10.0. The summed E-state index contributed by atoms with van der Waals surface area (Å²) >= 11 is 0. The summed E-state index contributed by atoms with van der Waals surface area (Å²) in [5.74, 6) is -0.655. The highest BCUT2D eigenvalue weighted by Gasteiger charge is 2.13. The molecule has 0 radical (unpaired) electrons. The number of hydrogen-bond donors (Lipinski definition) is 0. The van der Waals surface area contributed by atoms with Gasteiger partial charge in [-0.1, -0.05) is 70.4 Å². The number of rotatable bonds is 11. The number of benzene rings is 1. The van der Waals surface area contributed by atoms with Crippen LogP contribution in [-0.2, 0) is 19.1 Å². The molecule has 0 saturated heterocycles. The monoisotopic (exact) mass is 346 g/mol. The van der Waals surface area contributed by atoms with E-state index >= 15 is 0 Å². The fraction of sp³-hybridized carbons (Fsp3) is 0.524. The van der Waals surface area contributed by atoms with Crippen LogP contribution in [-0.4, -0.2) is 18.5 Å². The number of carbonyl (C=O) groups excluding carboxylic acids is 2. The molecule has 0 bridgehead atoms. The van der Waals surface area contributed by atoms with Crippen molar-refractivity contribution in [3.05, 3.63) is 48.0 Å². The second-order valence-corrected chi connectivity index (χ2v) is 6.12. The molecule has 2 atom stereocenters. The first-order valence-electron chi connectivity index (χ1n) is 9.21. The number of carbonyl (C=O) groups is 2. The topological polar surface area (TPSA) is 52.6 Å². The molecule has 0 fully saturated rings. The molecule has 2 unspecified atom stereocenters. The Bertz CT molecular complexity index is 536. The van der Waals surface area contributed by atoms with E-state index in [9.17, 15) is 9.59 Å². The minimum atomic E-state index is -0.536. The first-order chi connectivity index (χ1) is 12.1. The fourth-order valence-electron chi connectivity index (χ4n) is 2.52. The van der Waals surface area contributed by atoms with Crippen molar-refractivity contribution in [2.24, 2.45) is 5.92 Å². The fourth-order valence-corrected chi connectivity index (χ4v) is 2.52. The number of esters is 2. The van der Waals surface area contributed by atoms with Crippen LogP contribution in [0.2, 0.25) is 0 Å². The van der Waals surface area contributed by atoms with Crippen LogP contribution >= 0.6 is 0 Å². The van der Waals surface area contributed by atoms with Crippen molar-refractivity contribution in [2.45, 2.75) is 59.0 Å². The van der Waals surface area contributed by atoms with Crippen molar-refractivity contribution in [3.8, 4) is 0 Å². The Morgan fingerprint density at radius 2 is 1.68 bits per heavy atom. The SMILES string of the molecule is CCCCC(CC)COC(=O)/C=C/C(=O)OC(CC)c1ccccc1. The van der Waals surface area contributed by atoms with Gasteiger partial charge in [-0.2, -0.15) is 0 Å². The largest absolute Gasteiger partial charge is 0.462 e. The lowest BCUT2D eigenvalue weighted by molar-refractivity contribution is -0.144. The molecule has 1 aromatic carbocycles. The van der Waals surface area contributed by atoms with E-state index in [1.165, 1.54) is 0 Å². The molecule has 4 nitrogen and oxygen atoms in total. The predicted molar refractivity (Wildman–Crippen MR) is 99.0 cm³/mol. The lowest BCUT2D eigenvalue weighted by Gasteiger charge is -2.15. The van der Waals surface area contributed by atoms with Crippen LogP contribution in [0.1, 0.15) is 64.5 Å². The van der Waals surface area contributed by atoms with Gasteiger partial charge in [-0.25, -0.2) is 9.59 Å². The van der Waals surface area contributed by atoms with Crippen LogP contribution in [0.5, 0.6) is 0 Å². The zero-order chi connectivity index (χ0) is 18.5. The van der Waals surface area contributed by atoms with Crippen LogP contribution in [0.3, 0.4) is 0 Å². The van der Waals surface area contributed by atoms with E-state index in [-0.39, 0.29) is 6.10 Å². The molecule has 0 aromatic heterocycles. The highest BCUT2D eigenvalue weighted by atomic mass is 16.5. The molecule has 0 aliphatic heterocycles. The third-order valence-electron chi connectivity index (χ3n) is 4.16. The van der Waals surface area contributed by atoms with Crippen molar-refractivity contribution in [1.29, 1.82) is 0 Å². The standard InChI is InChI=1S/C21H30O4/c1-4-7-11-17(5-2)16-24-20(22)14-15-21(23)25-19(6-3)18-12-9-8-10-13-18/h8-10,12-15,17,19H,4-7,11,16H2,1-3H3/b15-14+. The molecular weight excluding hydrogens is 316 g/mol. The van der Waals surface area contributed by atoms with Crippen molar-refractivity contribution in [2.75, 3.05) is 6.61 Å². The first-order valence-corrected chi connectivity index (χ1v) is 9.21. The van der Waals surface area contributed by atoms with Crippen LogP contribution in [0.4, 0.5) is 0 Å². The van der Waals surface area contributed by atoms with Gasteiger partial charge in [-0.3, -0.25) is 0 Å². The van der Waals surface area contributed by atoms with Gasteiger partial charge < -0.3 is 9.47 Å². The maximum absolute atomic E-state index is 11.9. The molecule has 0 spiro atoms. The average Bonchev–Trinajstić information content (AvgIpc) is 2.65. The zero-order valence-corrected chi connectivity index (χ0v) is 15.6. The molecule has 25 heavy (non-hydrogen) atoms. The molecule has 0 aliphatic rings. The van der Waals surface area contributed by atoms with Crippen LogP contribution in [0.25, 0.3) is 0 Å². The maximum Gasteiger partial charge on any atom is 0.331 e. The molecule has 0 amide bonds. The maximum atomic E-state index is 11.9. The van der Waals surface area contributed by atoms with E-state index in [4.69, 9.17) is 9.47 Å². The van der Waals surface area contributed by atoms with Crippen molar-refractivity contribution in [1.82, 2.24) is 0 Å². The second kappa shape index (κ2) is 12.3. The van der Waals surface area contributed by atoms with E-state index in [1.807, 2.05) is 37.3 Å². The Balaban J connectivity index is 2.43. The van der Waals surface area contributed by atoms with Gasteiger partial charge in [-0.05, 0) is 24.3 Å². The predicted octanol–water partition coefficient (Wildman–Crippen LogP) is 5.00. The highest BCUT2D eigenvalue weighted by Crippen LogP contribution is 2.20. The highest BCUT2D eigenvalue weighted by molar-refractivity contribution is 5.91. The van der Waals surface area contributed by atoms with E-state index in [1.54, 1.807) is 0 Å². The smallest absolute Gasteiger partial charge is 0.331 e. The molecule has 0 heterocycles. The van der Waals surface area contributed by atoms with E-state index in [2.05, 4.69) is 13.8 Å². The van der Waals surface area contributed by atoms with E-state index in [0.717, 1.165) is 43.4 Å². The second-order valence-electron chi connectivity index (χ2n) is 6.12. The van der Waals surface area contributed by atoms with Gasteiger partial charge in [0.05, 0.1) is 6.61 Å². The molecule has 0 N–H and O–H groups in total. The van der Waals surface area contributed by atoms with Gasteiger partial charge >= 0.3 is 11.9 Å². The number of unbranched alkanes of at least 4 members (excludes halogenated alkanes) is 1. The Morgan fingerprint density at radius 1 is 1.00 bits per heavy atom. The Hall–Kier alpha value is -2.10. The summed E-state index contributed by atoms with van der Waals surface area (Å²) in [7, 11) is 0. The summed E-state index contributed by atoms with van der Waals surface area (Å²) in [5.41, 5.74) is 0.941. The molecule has 4 heteroatoms. The quantitative estimate of drug-likeness (QED) is 0.418. The third kappa shape index (κ3) is 8.52. The molecular formula is C21H30O4. The van der Waals surface area contributed by atoms with Crippen molar-refractivity contribution in [3.63, 3.8) is 0 Å². The zero-order valence-electron chi connectivity index (χ0n) is 15.6. The number of hydrogen-bond acceptors (Lipinski definition) is 4. The van der Waals surface area contributed by atoms with E-state index in [0.29, 0.717) is 18.9 Å². The summed E-state index contributed by atoms with van der Waals surface area (Å²) in [6.45, 7) is 6.59. The first kappa shape index (κ1) is 20.9. The Morgan fingerprint density at radius 3 is 2.28 bits per heavy atom. The normalized spacial score (nSPS) is 13.4. The molecule has 1 aromatic rings. The minimum absolute atomic E-state index is 0.312. The summed E-state index contributed by atoms with van der Waals surface area (Å²) in [5, 5.41) is 0. The van der Waals surface area contributed by atoms with Gasteiger partial charge in [0, 0.05) is 12.2 Å². The summed E-state index contributed by atoms with van der Waals surface area (Å²) in [6, 6.07) is 9.56. The Labute approximate surface area is 151 Å². The van der Waals surface area contributed by atoms with E-state index < -0.39 is 11.9 Å². The van der Waals surface area contributed by atoms with Gasteiger partial charge in [-0.15, -0.1) is 0 Å². The van der Waals surface area contributed by atoms with Gasteiger partial charge in [0.1, 0.15) is 6.10 Å². The summed E-state index contributed by atoms with van der Waals surface area (Å²) < 4.78 is 10.6. The molecule has 1 rings (SSSR count). The third-order valence-corrected chi connectivity index (χ3v) is 4.16. The van der Waals surface area contributed by atoms with Gasteiger partial charge in [0.15, 0.2) is 0 Å². The van der Waals surface area contributed by atoms with Crippen LogP contribution in [0, 0.1) is 5.92 Å². The lowest BCUT2D eigenvalue weighted by Crippen LogP contribution is -2.13. The van der Waals surface area contributed by atoms with Crippen molar-refractivity contribution < 1.29 is 19.1 Å². The average molecular weight is 346 g/mol. The molecule has 0 aliphatic carbocycles. The Kier molecular flexibility index (Phi) is 10.3. The van der Waals surface area contributed by atoms with Crippen molar-refractivity contribution >= 4 is 11.9 Å². The summed E-state index contributed by atoms with van der Waals surface area (Å²) in [6.07, 6.45) is 6.95. The van der Waals surface area contributed by atoms with Crippen LogP contribution < -0.4 is 0 Å². The molecule has 0 saturated carbocycles. The summed E-state index contributed by atoms with van der Waals surface area (Å²) in [4.78, 5) is 23.7. The number of ether oxygens (including phenoxy) is 2. The van der Waals surface area contributed by atoms with Crippen LogP contribution in [0.15, 0.2) is 42.5 Å². The van der Waals surface area contributed by atoms with Gasteiger partial charge in [0.2, 0.25) is 0 Å². The molecule has 138 valence electrons.